The Morgan fingerprint density at radius 1 is 1.78 bits per heavy atom. The van der Waals surface area contributed by atoms with Crippen LogP contribution in [0, 0.1) is 0 Å². The largest absolute Gasteiger partial charge is 0.472 e. The zero-order valence-corrected chi connectivity index (χ0v) is 5.50. The lowest BCUT2D eigenvalue weighted by molar-refractivity contribution is 0.561. The highest BCUT2D eigenvalue weighted by molar-refractivity contribution is 5.06. The van der Waals surface area contributed by atoms with Crippen molar-refractivity contribution in [3.8, 4) is 0 Å². The van der Waals surface area contributed by atoms with E-state index in [0.717, 1.165) is 6.42 Å². The normalized spacial score (nSPS) is 13.6. The third kappa shape index (κ3) is 1.90. The van der Waals surface area contributed by atoms with E-state index in [0.29, 0.717) is 0 Å². The lowest BCUT2D eigenvalue weighted by Gasteiger charge is -1.98. The Kier molecular flexibility index (Phi) is 1.90. The molecule has 0 aromatic carbocycles. The van der Waals surface area contributed by atoms with E-state index in [-0.39, 0.29) is 6.04 Å². The third-order valence-electron chi connectivity index (χ3n) is 1.14. The summed E-state index contributed by atoms with van der Waals surface area (Å²) in [7, 11) is 0. The Hall–Kier alpha value is -0.760. The minimum absolute atomic E-state index is 0.225. The van der Waals surface area contributed by atoms with Crippen LogP contribution < -0.4 is 5.73 Å². The topological polar surface area (TPSA) is 39.2 Å². The summed E-state index contributed by atoms with van der Waals surface area (Å²) in [4.78, 5) is 0. The molecule has 2 N–H and O–H groups in total. The summed E-state index contributed by atoms with van der Waals surface area (Å²) in [6.07, 6.45) is 4.29. The van der Waals surface area contributed by atoms with Crippen molar-refractivity contribution in [2.75, 3.05) is 0 Å². The Labute approximate surface area is 54.7 Å². The van der Waals surface area contributed by atoms with Crippen LogP contribution in [0.2, 0.25) is 0 Å². The molecule has 1 unspecified atom stereocenters. The maximum atomic E-state index is 5.54. The summed E-state index contributed by atoms with van der Waals surface area (Å²) in [5, 5.41) is 0. The fourth-order valence-corrected chi connectivity index (χ4v) is 0.781. The van der Waals surface area contributed by atoms with Crippen molar-refractivity contribution in [1.82, 2.24) is 0 Å². The molecule has 0 saturated carbocycles. The van der Waals surface area contributed by atoms with Crippen LogP contribution in [-0.4, -0.2) is 6.04 Å². The van der Waals surface area contributed by atoms with Gasteiger partial charge in [-0.2, -0.15) is 0 Å². The molecule has 0 aliphatic carbocycles. The molecule has 0 bridgehead atoms. The van der Waals surface area contributed by atoms with Gasteiger partial charge in [0.05, 0.1) is 12.5 Å². The number of furan rings is 1. The monoisotopic (exact) mass is 125 g/mol. The Morgan fingerprint density at radius 3 is 3.00 bits per heavy atom. The summed E-state index contributed by atoms with van der Waals surface area (Å²) >= 11 is 0. The van der Waals surface area contributed by atoms with Crippen molar-refractivity contribution in [2.45, 2.75) is 19.4 Å². The van der Waals surface area contributed by atoms with E-state index < -0.39 is 0 Å². The summed E-state index contributed by atoms with van der Waals surface area (Å²) in [5.41, 5.74) is 6.71. The van der Waals surface area contributed by atoms with Crippen LogP contribution >= 0.6 is 0 Å². The maximum Gasteiger partial charge on any atom is 0.0935 e. The van der Waals surface area contributed by atoms with Gasteiger partial charge in [-0.1, -0.05) is 0 Å². The van der Waals surface area contributed by atoms with Crippen LogP contribution in [0.1, 0.15) is 12.5 Å². The highest BCUT2D eigenvalue weighted by Crippen LogP contribution is 2.01. The Balaban J connectivity index is 2.48. The number of hydrogen-bond acceptors (Lipinski definition) is 2. The number of rotatable bonds is 2. The van der Waals surface area contributed by atoms with Gasteiger partial charge in [0.1, 0.15) is 0 Å². The van der Waals surface area contributed by atoms with Crippen molar-refractivity contribution in [3.63, 3.8) is 0 Å². The minimum atomic E-state index is 0.225. The second-order valence-corrected chi connectivity index (χ2v) is 2.31. The summed E-state index contributed by atoms with van der Waals surface area (Å²) in [5.74, 6) is 0. The predicted molar refractivity (Wildman–Crippen MR) is 36.1 cm³/mol. The van der Waals surface area contributed by atoms with Crippen molar-refractivity contribution in [3.05, 3.63) is 24.2 Å². The van der Waals surface area contributed by atoms with Crippen molar-refractivity contribution >= 4 is 0 Å². The van der Waals surface area contributed by atoms with E-state index in [2.05, 4.69) is 0 Å². The Bertz CT molecular complexity index is 155. The van der Waals surface area contributed by atoms with E-state index >= 15 is 0 Å². The summed E-state index contributed by atoms with van der Waals surface area (Å²) < 4.78 is 4.86. The molecule has 1 aromatic heterocycles. The highest BCUT2D eigenvalue weighted by atomic mass is 16.3. The van der Waals surface area contributed by atoms with Crippen LogP contribution in [0.3, 0.4) is 0 Å². The quantitative estimate of drug-likeness (QED) is 0.644. The zero-order chi connectivity index (χ0) is 6.69. The van der Waals surface area contributed by atoms with Gasteiger partial charge in [-0.25, -0.2) is 0 Å². The van der Waals surface area contributed by atoms with E-state index in [1.165, 1.54) is 5.56 Å². The number of nitrogens with two attached hydrogens (primary N) is 1. The molecular formula is C7H11NO. The van der Waals surface area contributed by atoms with Crippen molar-refractivity contribution in [2.24, 2.45) is 5.73 Å². The van der Waals surface area contributed by atoms with Gasteiger partial charge in [-0.05, 0) is 25.0 Å². The molecule has 0 amide bonds. The molecule has 1 rings (SSSR count). The van der Waals surface area contributed by atoms with E-state index in [1.807, 2.05) is 13.0 Å². The van der Waals surface area contributed by atoms with Crippen LogP contribution in [0.25, 0.3) is 0 Å². The molecule has 2 heteroatoms. The second-order valence-electron chi connectivity index (χ2n) is 2.31. The molecule has 0 radical (unpaired) electrons. The molecule has 1 atom stereocenters. The van der Waals surface area contributed by atoms with Gasteiger partial charge in [0.15, 0.2) is 0 Å². The van der Waals surface area contributed by atoms with Crippen LogP contribution in [-0.2, 0) is 6.42 Å². The zero-order valence-electron chi connectivity index (χ0n) is 5.50. The van der Waals surface area contributed by atoms with Gasteiger partial charge in [0.2, 0.25) is 0 Å². The standard InChI is InChI=1S/C7H11NO/c1-6(8)4-7-2-3-9-5-7/h2-3,5-6H,4,8H2,1H3. The van der Waals surface area contributed by atoms with Crippen molar-refractivity contribution in [1.29, 1.82) is 0 Å². The van der Waals surface area contributed by atoms with Crippen molar-refractivity contribution < 1.29 is 4.42 Å². The van der Waals surface area contributed by atoms with E-state index in [9.17, 15) is 0 Å². The first-order valence-corrected chi connectivity index (χ1v) is 3.05. The highest BCUT2D eigenvalue weighted by Gasteiger charge is 1.96. The Morgan fingerprint density at radius 2 is 2.56 bits per heavy atom. The molecule has 1 aromatic rings. The number of hydrogen-bond donors (Lipinski definition) is 1. The lowest BCUT2D eigenvalue weighted by atomic mass is 10.1. The van der Waals surface area contributed by atoms with E-state index in [1.54, 1.807) is 12.5 Å². The van der Waals surface area contributed by atoms with Crippen LogP contribution in [0.15, 0.2) is 23.0 Å². The first kappa shape index (κ1) is 6.36. The van der Waals surface area contributed by atoms with E-state index in [4.69, 9.17) is 10.2 Å². The molecule has 0 spiro atoms. The first-order chi connectivity index (χ1) is 4.29. The average molecular weight is 125 g/mol. The molecule has 0 aliphatic rings. The molecule has 0 aliphatic heterocycles. The second kappa shape index (κ2) is 2.69. The molecule has 0 fully saturated rings. The van der Waals surface area contributed by atoms with Gasteiger partial charge in [0.25, 0.3) is 0 Å². The van der Waals surface area contributed by atoms with Crippen LogP contribution in [0.4, 0.5) is 0 Å². The van der Waals surface area contributed by atoms with Gasteiger partial charge in [-0.15, -0.1) is 0 Å². The van der Waals surface area contributed by atoms with Gasteiger partial charge >= 0.3 is 0 Å². The summed E-state index contributed by atoms with van der Waals surface area (Å²) in [6.45, 7) is 1.98. The van der Waals surface area contributed by atoms with Gasteiger partial charge < -0.3 is 10.2 Å². The van der Waals surface area contributed by atoms with Crippen LogP contribution in [0.5, 0.6) is 0 Å². The molecule has 1 heterocycles. The molecule has 0 saturated heterocycles. The molecular weight excluding hydrogens is 114 g/mol. The molecule has 50 valence electrons. The first-order valence-electron chi connectivity index (χ1n) is 3.05. The third-order valence-corrected chi connectivity index (χ3v) is 1.14. The maximum absolute atomic E-state index is 5.54. The SMILES string of the molecule is CC(N)Cc1ccoc1. The molecule has 9 heavy (non-hydrogen) atoms. The van der Waals surface area contributed by atoms with Gasteiger partial charge in [-0.3, -0.25) is 0 Å². The average Bonchev–Trinajstić information content (AvgIpc) is 2.15. The fourth-order valence-electron chi connectivity index (χ4n) is 0.781. The minimum Gasteiger partial charge on any atom is -0.472 e. The fraction of sp³-hybridized carbons (Fsp3) is 0.429. The smallest absolute Gasteiger partial charge is 0.0935 e. The summed E-state index contributed by atoms with van der Waals surface area (Å²) in [6, 6.07) is 2.16. The van der Waals surface area contributed by atoms with Gasteiger partial charge in [0, 0.05) is 6.04 Å². The lowest BCUT2D eigenvalue weighted by Crippen LogP contribution is -2.17. The molecule has 2 nitrogen and oxygen atoms in total. The predicted octanol–water partition coefficient (Wildman–Crippen LogP) is 1.17.